The van der Waals surface area contributed by atoms with Crippen molar-refractivity contribution in [3.8, 4) is 0 Å². The fraction of sp³-hybridized carbons (Fsp3) is 1.00. The van der Waals surface area contributed by atoms with Crippen molar-refractivity contribution < 1.29 is 9.47 Å². The minimum Gasteiger partial charge on any atom is -0.355 e. The Morgan fingerprint density at radius 3 is 2.62 bits per heavy atom. The second kappa shape index (κ2) is 8.01. The van der Waals surface area contributed by atoms with Crippen LogP contribution in [0.3, 0.4) is 0 Å². The summed E-state index contributed by atoms with van der Waals surface area (Å²) in [5.74, 6) is 0. The maximum atomic E-state index is 5.14. The van der Waals surface area contributed by atoms with Gasteiger partial charge in [-0.25, -0.2) is 0 Å². The normalized spacial score (nSPS) is 23.6. The molecule has 2 atom stereocenters. The molecule has 16 heavy (non-hydrogen) atoms. The van der Waals surface area contributed by atoms with E-state index in [1.807, 2.05) is 0 Å². The Kier molecular flexibility index (Phi) is 6.96. The third-order valence-electron chi connectivity index (χ3n) is 3.21. The van der Waals surface area contributed by atoms with Gasteiger partial charge in [-0.1, -0.05) is 6.42 Å². The van der Waals surface area contributed by atoms with Crippen molar-refractivity contribution in [3.63, 3.8) is 0 Å². The number of nitrogens with one attached hydrogen (secondary N) is 2. The SMILES string of the molecule is COC(CNC(C)CC1CCCCN1)OC. The summed E-state index contributed by atoms with van der Waals surface area (Å²) in [6.07, 6.45) is 5.04. The van der Waals surface area contributed by atoms with E-state index in [-0.39, 0.29) is 6.29 Å². The Balaban J connectivity index is 2.11. The van der Waals surface area contributed by atoms with Gasteiger partial charge >= 0.3 is 0 Å². The Morgan fingerprint density at radius 2 is 2.06 bits per heavy atom. The average Bonchev–Trinajstić information content (AvgIpc) is 2.31. The van der Waals surface area contributed by atoms with E-state index in [1.54, 1.807) is 14.2 Å². The lowest BCUT2D eigenvalue weighted by Crippen LogP contribution is -2.42. The zero-order chi connectivity index (χ0) is 11.8. The van der Waals surface area contributed by atoms with Gasteiger partial charge in [0.25, 0.3) is 0 Å². The monoisotopic (exact) mass is 230 g/mol. The van der Waals surface area contributed by atoms with E-state index in [9.17, 15) is 0 Å². The predicted molar refractivity (Wildman–Crippen MR) is 65.5 cm³/mol. The van der Waals surface area contributed by atoms with Gasteiger partial charge in [0.1, 0.15) is 0 Å². The fourth-order valence-electron chi connectivity index (χ4n) is 2.20. The molecule has 0 aromatic carbocycles. The number of hydrogen-bond donors (Lipinski definition) is 2. The van der Waals surface area contributed by atoms with Gasteiger partial charge in [-0.3, -0.25) is 0 Å². The van der Waals surface area contributed by atoms with E-state index in [1.165, 1.54) is 32.2 Å². The molecule has 1 saturated heterocycles. The molecule has 0 aliphatic carbocycles. The van der Waals surface area contributed by atoms with Gasteiger partial charge in [0.05, 0.1) is 0 Å². The van der Waals surface area contributed by atoms with E-state index in [0.717, 1.165) is 6.54 Å². The minimum absolute atomic E-state index is 0.137. The molecule has 0 spiro atoms. The molecule has 0 radical (unpaired) electrons. The molecule has 0 amide bonds. The van der Waals surface area contributed by atoms with Gasteiger partial charge in [-0.15, -0.1) is 0 Å². The Bertz CT molecular complexity index is 168. The molecule has 4 heteroatoms. The highest BCUT2D eigenvalue weighted by atomic mass is 16.7. The second-order valence-electron chi connectivity index (χ2n) is 4.59. The molecule has 0 bridgehead atoms. The molecule has 1 rings (SSSR count). The third-order valence-corrected chi connectivity index (χ3v) is 3.21. The standard InChI is InChI=1S/C12H26N2O2/c1-10(14-9-12(15-2)16-3)8-11-6-4-5-7-13-11/h10-14H,4-9H2,1-3H3. The first-order chi connectivity index (χ1) is 7.76. The van der Waals surface area contributed by atoms with Crippen molar-refractivity contribution in [3.05, 3.63) is 0 Å². The lowest BCUT2D eigenvalue weighted by Gasteiger charge is -2.27. The summed E-state index contributed by atoms with van der Waals surface area (Å²) in [5, 5.41) is 7.00. The Hall–Kier alpha value is -0.160. The van der Waals surface area contributed by atoms with Crippen molar-refractivity contribution in [2.24, 2.45) is 0 Å². The number of hydrogen-bond acceptors (Lipinski definition) is 4. The van der Waals surface area contributed by atoms with Gasteiger partial charge in [0.15, 0.2) is 6.29 Å². The van der Waals surface area contributed by atoms with Crippen molar-refractivity contribution in [1.29, 1.82) is 0 Å². The van der Waals surface area contributed by atoms with Crippen LogP contribution in [0.25, 0.3) is 0 Å². The lowest BCUT2D eigenvalue weighted by atomic mass is 9.99. The van der Waals surface area contributed by atoms with Crippen LogP contribution in [0.1, 0.15) is 32.6 Å². The van der Waals surface area contributed by atoms with E-state index in [2.05, 4.69) is 17.6 Å². The van der Waals surface area contributed by atoms with Crippen LogP contribution in [0.2, 0.25) is 0 Å². The van der Waals surface area contributed by atoms with E-state index < -0.39 is 0 Å². The van der Waals surface area contributed by atoms with Crippen LogP contribution in [0.15, 0.2) is 0 Å². The smallest absolute Gasteiger partial charge is 0.169 e. The number of piperidine rings is 1. The molecule has 0 saturated carbocycles. The van der Waals surface area contributed by atoms with Crippen molar-refractivity contribution >= 4 is 0 Å². The summed E-state index contributed by atoms with van der Waals surface area (Å²) in [4.78, 5) is 0. The van der Waals surface area contributed by atoms with Gasteiger partial charge in [-0.2, -0.15) is 0 Å². The molecule has 96 valence electrons. The van der Waals surface area contributed by atoms with Crippen LogP contribution in [0.4, 0.5) is 0 Å². The lowest BCUT2D eigenvalue weighted by molar-refractivity contribution is -0.0998. The van der Waals surface area contributed by atoms with Crippen LogP contribution in [-0.4, -0.2) is 45.7 Å². The number of methoxy groups -OCH3 is 2. The molecular formula is C12H26N2O2. The molecule has 0 aromatic rings. The first-order valence-corrected chi connectivity index (χ1v) is 6.28. The second-order valence-corrected chi connectivity index (χ2v) is 4.59. The molecule has 2 N–H and O–H groups in total. The maximum Gasteiger partial charge on any atom is 0.169 e. The summed E-state index contributed by atoms with van der Waals surface area (Å²) in [6.45, 7) is 4.15. The summed E-state index contributed by atoms with van der Waals surface area (Å²) in [6, 6.07) is 1.18. The first kappa shape index (κ1) is 13.9. The topological polar surface area (TPSA) is 42.5 Å². The molecular weight excluding hydrogens is 204 g/mol. The number of rotatable bonds is 7. The highest BCUT2D eigenvalue weighted by Crippen LogP contribution is 2.11. The summed E-state index contributed by atoms with van der Waals surface area (Å²) in [5.41, 5.74) is 0. The molecule has 2 unspecified atom stereocenters. The molecule has 1 fully saturated rings. The largest absolute Gasteiger partial charge is 0.355 e. The Labute approximate surface area is 99.1 Å². The molecule has 4 nitrogen and oxygen atoms in total. The van der Waals surface area contributed by atoms with Crippen LogP contribution in [0.5, 0.6) is 0 Å². The van der Waals surface area contributed by atoms with E-state index >= 15 is 0 Å². The van der Waals surface area contributed by atoms with Crippen LogP contribution in [0, 0.1) is 0 Å². The third kappa shape index (κ3) is 5.25. The summed E-state index contributed by atoms with van der Waals surface area (Å²) in [7, 11) is 3.34. The van der Waals surface area contributed by atoms with Crippen molar-refractivity contribution in [2.75, 3.05) is 27.3 Å². The van der Waals surface area contributed by atoms with Crippen LogP contribution >= 0.6 is 0 Å². The fourth-order valence-corrected chi connectivity index (χ4v) is 2.20. The van der Waals surface area contributed by atoms with Gasteiger partial charge in [-0.05, 0) is 32.7 Å². The first-order valence-electron chi connectivity index (χ1n) is 6.28. The van der Waals surface area contributed by atoms with E-state index in [4.69, 9.17) is 9.47 Å². The molecule has 1 heterocycles. The predicted octanol–water partition coefficient (Wildman–Crippen LogP) is 1.12. The van der Waals surface area contributed by atoms with Crippen molar-refractivity contribution in [2.45, 2.75) is 51.0 Å². The summed E-state index contributed by atoms with van der Waals surface area (Å²) < 4.78 is 10.3. The molecule has 1 aliphatic rings. The Morgan fingerprint density at radius 1 is 1.31 bits per heavy atom. The zero-order valence-corrected chi connectivity index (χ0v) is 10.8. The van der Waals surface area contributed by atoms with Gasteiger partial charge < -0.3 is 20.1 Å². The van der Waals surface area contributed by atoms with Gasteiger partial charge in [0.2, 0.25) is 0 Å². The summed E-state index contributed by atoms with van der Waals surface area (Å²) >= 11 is 0. The zero-order valence-electron chi connectivity index (χ0n) is 10.8. The van der Waals surface area contributed by atoms with Crippen molar-refractivity contribution in [1.82, 2.24) is 10.6 Å². The highest BCUT2D eigenvalue weighted by molar-refractivity contribution is 4.77. The van der Waals surface area contributed by atoms with Crippen LogP contribution in [-0.2, 0) is 9.47 Å². The van der Waals surface area contributed by atoms with Gasteiger partial charge in [0, 0.05) is 32.8 Å². The van der Waals surface area contributed by atoms with Crippen LogP contribution < -0.4 is 10.6 Å². The average molecular weight is 230 g/mol. The maximum absolute atomic E-state index is 5.14. The molecule has 1 aliphatic heterocycles. The quantitative estimate of drug-likeness (QED) is 0.643. The van der Waals surface area contributed by atoms with E-state index in [0.29, 0.717) is 12.1 Å². The number of ether oxygens (including phenoxy) is 2. The minimum atomic E-state index is -0.137. The highest BCUT2D eigenvalue weighted by Gasteiger charge is 2.16. The molecule has 0 aromatic heterocycles.